The third kappa shape index (κ3) is 2.93. The number of fused-ring (bicyclic) bond motifs is 1. The van der Waals surface area contributed by atoms with Crippen molar-refractivity contribution < 1.29 is 9.84 Å². The predicted molar refractivity (Wildman–Crippen MR) is 73.1 cm³/mol. The minimum Gasteiger partial charge on any atom is -0.388 e. The molecular formula is C16H24O2. The Hall–Kier alpha value is -0.860. The Morgan fingerprint density at radius 3 is 2.56 bits per heavy atom. The van der Waals surface area contributed by atoms with Crippen molar-refractivity contribution in [3.63, 3.8) is 0 Å². The van der Waals surface area contributed by atoms with Crippen LogP contribution in [0.25, 0.3) is 0 Å². The zero-order chi connectivity index (χ0) is 13.3. The molecule has 18 heavy (non-hydrogen) atoms. The van der Waals surface area contributed by atoms with Crippen molar-refractivity contribution in [3.8, 4) is 0 Å². The Labute approximate surface area is 110 Å². The van der Waals surface area contributed by atoms with Crippen molar-refractivity contribution in [3.05, 3.63) is 34.9 Å². The van der Waals surface area contributed by atoms with Crippen LogP contribution < -0.4 is 0 Å². The van der Waals surface area contributed by atoms with Gasteiger partial charge in [-0.3, -0.25) is 0 Å². The molecule has 0 saturated heterocycles. The maximum absolute atomic E-state index is 10.3. The van der Waals surface area contributed by atoms with Gasteiger partial charge in [-0.15, -0.1) is 0 Å². The molecule has 2 unspecified atom stereocenters. The minimum absolute atomic E-state index is 0.237. The van der Waals surface area contributed by atoms with Crippen LogP contribution in [0.1, 0.15) is 56.9 Å². The lowest BCUT2D eigenvalue weighted by Crippen LogP contribution is -2.19. The van der Waals surface area contributed by atoms with Crippen LogP contribution in [0, 0.1) is 11.3 Å². The summed E-state index contributed by atoms with van der Waals surface area (Å²) in [6.07, 6.45) is 0.438. The summed E-state index contributed by atoms with van der Waals surface area (Å²) < 4.78 is 5.40. The van der Waals surface area contributed by atoms with E-state index >= 15 is 0 Å². The summed E-state index contributed by atoms with van der Waals surface area (Å²) in [5.41, 5.74) is 3.75. The summed E-state index contributed by atoms with van der Waals surface area (Å²) in [7, 11) is 0. The molecule has 0 aliphatic carbocycles. The van der Waals surface area contributed by atoms with E-state index in [-0.39, 0.29) is 11.5 Å². The van der Waals surface area contributed by atoms with E-state index in [0.29, 0.717) is 19.1 Å². The standard InChI is InChI=1S/C16H24O2/c1-11(16(2,3)4)7-15(17)12-5-6-13-9-18-10-14(13)8-12/h5-6,8,11,15,17H,7,9-10H2,1-4H3. The van der Waals surface area contributed by atoms with Gasteiger partial charge in [0.15, 0.2) is 0 Å². The minimum atomic E-state index is -0.370. The van der Waals surface area contributed by atoms with Gasteiger partial charge in [0.1, 0.15) is 0 Å². The van der Waals surface area contributed by atoms with Crippen molar-refractivity contribution in [2.45, 2.75) is 53.4 Å². The van der Waals surface area contributed by atoms with E-state index in [9.17, 15) is 5.11 Å². The number of aliphatic hydroxyl groups is 1. The topological polar surface area (TPSA) is 29.5 Å². The molecule has 1 aromatic rings. The molecule has 0 saturated carbocycles. The van der Waals surface area contributed by atoms with E-state index in [4.69, 9.17) is 4.74 Å². The second kappa shape index (κ2) is 5.02. The quantitative estimate of drug-likeness (QED) is 0.881. The SMILES string of the molecule is CC(CC(O)c1ccc2c(c1)COC2)C(C)(C)C. The zero-order valence-corrected chi connectivity index (χ0v) is 11.9. The van der Waals surface area contributed by atoms with Gasteiger partial charge in [0, 0.05) is 0 Å². The lowest BCUT2D eigenvalue weighted by molar-refractivity contribution is 0.110. The fourth-order valence-electron chi connectivity index (χ4n) is 2.22. The van der Waals surface area contributed by atoms with E-state index in [0.717, 1.165) is 12.0 Å². The molecule has 2 nitrogen and oxygen atoms in total. The molecule has 1 aliphatic rings. The van der Waals surface area contributed by atoms with Gasteiger partial charge >= 0.3 is 0 Å². The zero-order valence-electron chi connectivity index (χ0n) is 11.9. The van der Waals surface area contributed by atoms with Gasteiger partial charge in [-0.1, -0.05) is 45.9 Å². The van der Waals surface area contributed by atoms with Crippen LogP contribution in [-0.2, 0) is 18.0 Å². The molecule has 0 aromatic heterocycles. The molecule has 1 heterocycles. The van der Waals surface area contributed by atoms with Gasteiger partial charge in [0.2, 0.25) is 0 Å². The van der Waals surface area contributed by atoms with Gasteiger partial charge in [-0.25, -0.2) is 0 Å². The van der Waals surface area contributed by atoms with Gasteiger partial charge in [0.25, 0.3) is 0 Å². The number of aliphatic hydroxyl groups excluding tert-OH is 1. The Kier molecular flexibility index (Phi) is 3.79. The van der Waals surface area contributed by atoms with Crippen LogP contribution in [0.5, 0.6) is 0 Å². The number of rotatable bonds is 3. The first-order valence-electron chi connectivity index (χ1n) is 6.75. The van der Waals surface area contributed by atoms with Gasteiger partial charge in [0.05, 0.1) is 19.3 Å². The van der Waals surface area contributed by atoms with Crippen molar-refractivity contribution >= 4 is 0 Å². The van der Waals surface area contributed by atoms with Crippen LogP contribution in [-0.4, -0.2) is 5.11 Å². The van der Waals surface area contributed by atoms with Crippen LogP contribution in [0.4, 0.5) is 0 Å². The van der Waals surface area contributed by atoms with Gasteiger partial charge in [-0.05, 0) is 34.4 Å². The Balaban J connectivity index is 2.07. The van der Waals surface area contributed by atoms with Crippen LogP contribution in [0.15, 0.2) is 18.2 Å². The second-order valence-corrected chi connectivity index (χ2v) is 6.54. The van der Waals surface area contributed by atoms with Crippen molar-refractivity contribution in [1.82, 2.24) is 0 Å². The molecule has 1 N–H and O–H groups in total. The van der Waals surface area contributed by atoms with Crippen LogP contribution in [0.2, 0.25) is 0 Å². The van der Waals surface area contributed by atoms with Crippen molar-refractivity contribution in [1.29, 1.82) is 0 Å². The first-order chi connectivity index (χ1) is 8.38. The summed E-state index contributed by atoms with van der Waals surface area (Å²) in [5, 5.41) is 10.3. The first kappa shape index (κ1) is 13.6. The smallest absolute Gasteiger partial charge is 0.0792 e. The molecule has 2 atom stereocenters. The molecule has 2 rings (SSSR count). The molecule has 1 aromatic carbocycles. The summed E-state index contributed by atoms with van der Waals surface area (Å²) in [6.45, 7) is 10.3. The van der Waals surface area contributed by atoms with Gasteiger partial charge in [-0.2, -0.15) is 0 Å². The highest BCUT2D eigenvalue weighted by molar-refractivity contribution is 5.34. The van der Waals surface area contributed by atoms with E-state index in [1.165, 1.54) is 11.1 Å². The molecule has 0 radical (unpaired) electrons. The monoisotopic (exact) mass is 248 g/mol. The third-order valence-electron chi connectivity index (χ3n) is 4.19. The highest BCUT2D eigenvalue weighted by Gasteiger charge is 2.24. The summed E-state index contributed by atoms with van der Waals surface area (Å²) in [5.74, 6) is 0.483. The molecule has 2 heteroatoms. The highest BCUT2D eigenvalue weighted by Crippen LogP contribution is 2.34. The fourth-order valence-corrected chi connectivity index (χ4v) is 2.22. The molecule has 0 amide bonds. The average molecular weight is 248 g/mol. The van der Waals surface area contributed by atoms with Crippen molar-refractivity contribution in [2.24, 2.45) is 11.3 Å². The van der Waals surface area contributed by atoms with Crippen LogP contribution in [0.3, 0.4) is 0 Å². The first-order valence-corrected chi connectivity index (χ1v) is 6.75. The predicted octanol–water partition coefficient (Wildman–Crippen LogP) is 3.82. The number of benzene rings is 1. The molecular weight excluding hydrogens is 224 g/mol. The van der Waals surface area contributed by atoms with Crippen molar-refractivity contribution in [2.75, 3.05) is 0 Å². The Bertz CT molecular complexity index is 418. The summed E-state index contributed by atoms with van der Waals surface area (Å²) >= 11 is 0. The fraction of sp³-hybridized carbons (Fsp3) is 0.625. The van der Waals surface area contributed by atoms with Gasteiger partial charge < -0.3 is 9.84 Å². The molecule has 1 aliphatic heterocycles. The lowest BCUT2D eigenvalue weighted by Gasteiger charge is -2.29. The Morgan fingerprint density at radius 1 is 1.22 bits per heavy atom. The molecule has 0 bridgehead atoms. The normalized spacial score (nSPS) is 18.5. The largest absolute Gasteiger partial charge is 0.388 e. The third-order valence-corrected chi connectivity index (χ3v) is 4.19. The summed E-state index contributed by atoms with van der Waals surface area (Å²) in [4.78, 5) is 0. The maximum atomic E-state index is 10.3. The summed E-state index contributed by atoms with van der Waals surface area (Å²) in [6, 6.07) is 6.22. The van der Waals surface area contributed by atoms with E-state index in [1.54, 1.807) is 0 Å². The number of hydrogen-bond donors (Lipinski definition) is 1. The second-order valence-electron chi connectivity index (χ2n) is 6.54. The molecule has 0 fully saturated rings. The molecule has 100 valence electrons. The maximum Gasteiger partial charge on any atom is 0.0792 e. The van der Waals surface area contributed by atoms with E-state index < -0.39 is 0 Å². The average Bonchev–Trinajstić information content (AvgIpc) is 2.74. The Morgan fingerprint density at radius 2 is 1.89 bits per heavy atom. The van der Waals surface area contributed by atoms with E-state index in [1.807, 2.05) is 6.07 Å². The molecule has 0 spiro atoms. The van der Waals surface area contributed by atoms with Crippen LogP contribution >= 0.6 is 0 Å². The number of ether oxygens (including phenoxy) is 1. The number of hydrogen-bond acceptors (Lipinski definition) is 2. The van der Waals surface area contributed by atoms with E-state index in [2.05, 4.69) is 39.8 Å². The highest BCUT2D eigenvalue weighted by atomic mass is 16.5. The lowest BCUT2D eigenvalue weighted by atomic mass is 9.78.